The van der Waals surface area contributed by atoms with Crippen molar-refractivity contribution in [2.45, 2.75) is 17.4 Å². The van der Waals surface area contributed by atoms with Gasteiger partial charge in [0.25, 0.3) is 10.0 Å². The number of nitrogens with one attached hydrogen (secondary N) is 2. The van der Waals surface area contributed by atoms with Crippen LogP contribution in [0.25, 0.3) is 0 Å². The van der Waals surface area contributed by atoms with Crippen LogP contribution in [0.2, 0.25) is 5.02 Å². The van der Waals surface area contributed by atoms with E-state index in [1.54, 1.807) is 17.5 Å². The number of aromatic nitrogens is 1. The zero-order chi connectivity index (χ0) is 21.3. The maximum absolute atomic E-state index is 13.9. The van der Waals surface area contributed by atoms with Crippen molar-refractivity contribution < 1.29 is 12.8 Å². The second-order valence-corrected chi connectivity index (χ2v) is 9.71. The van der Waals surface area contributed by atoms with Crippen LogP contribution in [0.4, 0.5) is 27.3 Å². The molecule has 158 valence electrons. The van der Waals surface area contributed by atoms with Gasteiger partial charge >= 0.3 is 0 Å². The quantitative estimate of drug-likeness (QED) is 0.506. The van der Waals surface area contributed by atoms with E-state index in [9.17, 15) is 12.8 Å². The minimum Gasteiger partial charge on any atom is -0.368 e. The van der Waals surface area contributed by atoms with Crippen molar-refractivity contribution in [3.63, 3.8) is 0 Å². The van der Waals surface area contributed by atoms with E-state index in [2.05, 4.69) is 15.0 Å². The number of hydrogen-bond donors (Lipinski definition) is 3. The molecule has 30 heavy (non-hydrogen) atoms. The fourth-order valence-corrected chi connectivity index (χ4v) is 5.12. The molecule has 1 saturated heterocycles. The molecule has 1 atom stereocenters. The number of hydrogen-bond acceptors (Lipinski definition) is 7. The Labute approximate surface area is 182 Å². The van der Waals surface area contributed by atoms with Crippen LogP contribution in [0, 0.1) is 5.82 Å². The highest BCUT2D eigenvalue weighted by atomic mass is 35.5. The summed E-state index contributed by atoms with van der Waals surface area (Å²) in [5.74, 6) is -0.102. The molecule has 0 amide bonds. The van der Waals surface area contributed by atoms with Gasteiger partial charge < -0.3 is 16.0 Å². The summed E-state index contributed by atoms with van der Waals surface area (Å²) in [6.45, 7) is 1.36. The molecule has 1 fully saturated rings. The Bertz CT molecular complexity index is 1160. The summed E-state index contributed by atoms with van der Waals surface area (Å²) in [5, 5.41) is 4.98. The highest BCUT2D eigenvalue weighted by Gasteiger charge is 2.23. The predicted octanol–water partition coefficient (Wildman–Crippen LogP) is 4.02. The van der Waals surface area contributed by atoms with Gasteiger partial charge in [-0.3, -0.25) is 4.72 Å². The van der Waals surface area contributed by atoms with Gasteiger partial charge in [-0.1, -0.05) is 11.6 Å². The lowest BCUT2D eigenvalue weighted by molar-refractivity contribution is 0.601. The van der Waals surface area contributed by atoms with E-state index in [0.29, 0.717) is 23.6 Å². The summed E-state index contributed by atoms with van der Waals surface area (Å²) in [6, 6.07) is 8.84. The monoisotopic (exact) mass is 467 g/mol. The SMILES string of the molecule is NC1CCN(c2cc(F)ccc2Nc2ccc(S(=O)(=O)Nc3cscn3)cc2Cl)C1. The van der Waals surface area contributed by atoms with Gasteiger partial charge in [-0.25, -0.2) is 17.8 Å². The Kier molecular flexibility index (Phi) is 5.83. The van der Waals surface area contributed by atoms with Crippen LogP contribution in [-0.4, -0.2) is 32.5 Å². The zero-order valence-electron chi connectivity index (χ0n) is 15.7. The molecular formula is C19H19ClFN5O2S2. The fraction of sp³-hybridized carbons (Fsp3) is 0.211. The molecule has 0 radical (unpaired) electrons. The molecule has 7 nitrogen and oxygen atoms in total. The first-order chi connectivity index (χ1) is 14.3. The first-order valence-corrected chi connectivity index (χ1v) is 11.9. The number of nitrogens with two attached hydrogens (primary N) is 1. The van der Waals surface area contributed by atoms with Crippen LogP contribution in [0.3, 0.4) is 0 Å². The molecule has 0 saturated carbocycles. The van der Waals surface area contributed by atoms with Crippen molar-refractivity contribution in [3.05, 3.63) is 58.1 Å². The van der Waals surface area contributed by atoms with E-state index in [0.717, 1.165) is 13.0 Å². The Balaban J connectivity index is 1.59. The van der Waals surface area contributed by atoms with Crippen molar-refractivity contribution in [2.24, 2.45) is 5.73 Å². The van der Waals surface area contributed by atoms with Crippen LogP contribution < -0.4 is 20.7 Å². The van der Waals surface area contributed by atoms with Gasteiger partial charge in [0, 0.05) is 24.5 Å². The number of anilines is 4. The van der Waals surface area contributed by atoms with Crippen molar-refractivity contribution in [2.75, 3.05) is 28.0 Å². The van der Waals surface area contributed by atoms with Crippen LogP contribution >= 0.6 is 22.9 Å². The lowest BCUT2D eigenvalue weighted by Gasteiger charge is -2.23. The maximum atomic E-state index is 13.9. The molecule has 11 heteroatoms. The van der Waals surface area contributed by atoms with E-state index >= 15 is 0 Å². The number of thiazole rings is 1. The second-order valence-electron chi connectivity index (χ2n) is 6.90. The maximum Gasteiger partial charge on any atom is 0.263 e. The first-order valence-electron chi connectivity index (χ1n) is 9.09. The number of halogens is 2. The molecule has 2 heterocycles. The molecular weight excluding hydrogens is 449 g/mol. The van der Waals surface area contributed by atoms with Gasteiger partial charge in [-0.05, 0) is 42.8 Å². The summed E-state index contributed by atoms with van der Waals surface area (Å²) in [5.41, 5.74) is 9.36. The fourth-order valence-electron chi connectivity index (χ4n) is 3.25. The summed E-state index contributed by atoms with van der Waals surface area (Å²) in [4.78, 5) is 5.95. The summed E-state index contributed by atoms with van der Waals surface area (Å²) >= 11 is 7.64. The van der Waals surface area contributed by atoms with E-state index in [-0.39, 0.29) is 27.6 Å². The standard InChI is InChI=1S/C19H19ClFN5O2S2/c20-15-8-14(30(27,28)25-19-10-29-11-23-19)2-4-16(15)24-17-3-1-12(21)7-18(17)26-6-5-13(22)9-26/h1-4,7-8,10-11,13,24-25H,5-6,9,22H2. The van der Waals surface area contributed by atoms with Crippen LogP contribution in [0.1, 0.15) is 6.42 Å². The number of rotatable bonds is 6. The highest BCUT2D eigenvalue weighted by molar-refractivity contribution is 7.92. The van der Waals surface area contributed by atoms with Gasteiger partial charge in [0.15, 0.2) is 5.82 Å². The number of sulfonamides is 1. The van der Waals surface area contributed by atoms with Crippen molar-refractivity contribution >= 4 is 55.8 Å². The van der Waals surface area contributed by atoms with Gasteiger partial charge in [-0.2, -0.15) is 0 Å². The number of benzene rings is 2. The minimum atomic E-state index is -3.82. The second kappa shape index (κ2) is 8.38. The average molecular weight is 468 g/mol. The van der Waals surface area contributed by atoms with Crippen LogP contribution in [0.15, 0.2) is 52.2 Å². The third kappa shape index (κ3) is 4.51. The van der Waals surface area contributed by atoms with Gasteiger partial charge in [0.1, 0.15) is 5.82 Å². The third-order valence-corrected chi connectivity index (χ3v) is 6.97. The molecule has 0 bridgehead atoms. The molecule has 0 aliphatic carbocycles. The smallest absolute Gasteiger partial charge is 0.263 e. The van der Waals surface area contributed by atoms with E-state index in [1.165, 1.54) is 41.1 Å². The molecule has 0 spiro atoms. The topological polar surface area (TPSA) is 100 Å². The van der Waals surface area contributed by atoms with E-state index < -0.39 is 10.0 Å². The van der Waals surface area contributed by atoms with Crippen LogP contribution in [0.5, 0.6) is 0 Å². The molecule has 1 aliphatic rings. The summed E-state index contributed by atoms with van der Waals surface area (Å²) < 4.78 is 41.3. The van der Waals surface area contributed by atoms with Crippen molar-refractivity contribution in [3.8, 4) is 0 Å². The lowest BCUT2D eigenvalue weighted by Crippen LogP contribution is -2.26. The van der Waals surface area contributed by atoms with Gasteiger partial charge in [0.05, 0.1) is 32.5 Å². The van der Waals surface area contributed by atoms with Gasteiger partial charge in [0.2, 0.25) is 0 Å². The predicted molar refractivity (Wildman–Crippen MR) is 119 cm³/mol. The largest absolute Gasteiger partial charge is 0.368 e. The Morgan fingerprint density at radius 3 is 2.70 bits per heavy atom. The number of nitrogens with zero attached hydrogens (tertiary/aromatic N) is 2. The first kappa shape index (κ1) is 20.9. The Morgan fingerprint density at radius 2 is 2.03 bits per heavy atom. The highest BCUT2D eigenvalue weighted by Crippen LogP contribution is 2.35. The normalized spacial score (nSPS) is 16.6. The molecule has 3 aromatic rings. The summed E-state index contributed by atoms with van der Waals surface area (Å²) in [7, 11) is -3.82. The Morgan fingerprint density at radius 1 is 1.23 bits per heavy atom. The summed E-state index contributed by atoms with van der Waals surface area (Å²) in [6.07, 6.45) is 0.829. The van der Waals surface area contributed by atoms with Crippen molar-refractivity contribution in [1.82, 2.24) is 4.98 Å². The molecule has 4 rings (SSSR count). The van der Waals surface area contributed by atoms with Crippen molar-refractivity contribution in [1.29, 1.82) is 0 Å². The lowest BCUT2D eigenvalue weighted by atomic mass is 10.2. The van der Waals surface area contributed by atoms with Gasteiger partial charge in [-0.15, -0.1) is 11.3 Å². The van der Waals surface area contributed by atoms with Crippen LogP contribution in [-0.2, 0) is 10.0 Å². The zero-order valence-corrected chi connectivity index (χ0v) is 18.1. The molecule has 4 N–H and O–H groups in total. The average Bonchev–Trinajstić information content (AvgIpc) is 3.36. The molecule has 2 aromatic carbocycles. The third-order valence-electron chi connectivity index (χ3n) is 4.72. The van der Waals surface area contributed by atoms with E-state index in [1.807, 2.05) is 4.90 Å². The van der Waals surface area contributed by atoms with E-state index in [4.69, 9.17) is 17.3 Å². The Hall–Kier alpha value is -2.40. The minimum absolute atomic E-state index is 0.0101. The molecule has 1 aliphatic heterocycles. The molecule has 1 aromatic heterocycles. The molecule has 1 unspecified atom stereocenters.